The number of carbonyl (C=O) groups is 2. The van der Waals surface area contributed by atoms with Gasteiger partial charge in [0.15, 0.2) is 0 Å². The van der Waals surface area contributed by atoms with Crippen LogP contribution in [0.15, 0.2) is 47.6 Å². The molecule has 0 heterocycles. The summed E-state index contributed by atoms with van der Waals surface area (Å²) in [5.74, 6) is -1.98. The molecular weight excluding hydrogens is 371 g/mol. The molecule has 0 aromatic heterocycles. The topological polar surface area (TPSA) is 114 Å². The molecule has 0 fully saturated rings. The van der Waals surface area contributed by atoms with E-state index < -0.39 is 16.7 Å². The maximum atomic E-state index is 11.7. The highest BCUT2D eigenvalue weighted by molar-refractivity contribution is 6.42. The number of nitrogens with one attached hydrogen (secondary N) is 2. The fourth-order valence-corrected chi connectivity index (χ4v) is 1.97. The van der Waals surface area contributed by atoms with Crippen LogP contribution < -0.4 is 10.7 Å². The van der Waals surface area contributed by atoms with Crippen molar-refractivity contribution in [3.8, 4) is 0 Å². The summed E-state index contributed by atoms with van der Waals surface area (Å²) in [6, 6.07) is 9.75. The van der Waals surface area contributed by atoms with Crippen LogP contribution in [-0.4, -0.2) is 23.0 Å². The summed E-state index contributed by atoms with van der Waals surface area (Å²) >= 11 is 11.6. The molecule has 2 N–H and O–H groups in total. The van der Waals surface area contributed by atoms with Crippen LogP contribution >= 0.6 is 23.2 Å². The molecule has 0 aliphatic heterocycles. The van der Waals surface area contributed by atoms with Gasteiger partial charge in [0.2, 0.25) is 0 Å². The molecule has 10 heteroatoms. The van der Waals surface area contributed by atoms with Crippen molar-refractivity contribution in [2.75, 3.05) is 5.32 Å². The van der Waals surface area contributed by atoms with Crippen LogP contribution in [0.25, 0.3) is 0 Å². The smallest absolute Gasteiger partial charge is 0.318 e. The van der Waals surface area contributed by atoms with Gasteiger partial charge in [0.05, 0.1) is 21.2 Å². The zero-order chi connectivity index (χ0) is 18.4. The molecular formula is C15H10Cl2N4O4. The summed E-state index contributed by atoms with van der Waals surface area (Å²) in [4.78, 5) is 33.3. The Morgan fingerprint density at radius 3 is 2.32 bits per heavy atom. The fourth-order valence-electron chi connectivity index (χ4n) is 1.66. The molecule has 0 spiro atoms. The van der Waals surface area contributed by atoms with E-state index in [0.29, 0.717) is 15.6 Å². The average Bonchev–Trinajstić information content (AvgIpc) is 2.58. The van der Waals surface area contributed by atoms with Crippen molar-refractivity contribution in [1.82, 2.24) is 5.43 Å². The number of amides is 2. The van der Waals surface area contributed by atoms with E-state index in [1.54, 1.807) is 12.1 Å². The number of hydrogen-bond donors (Lipinski definition) is 2. The third-order valence-electron chi connectivity index (χ3n) is 2.87. The number of nitro benzene ring substituents is 1. The number of benzene rings is 2. The van der Waals surface area contributed by atoms with Crippen molar-refractivity contribution in [2.24, 2.45) is 5.10 Å². The van der Waals surface area contributed by atoms with Crippen molar-refractivity contribution in [3.05, 3.63) is 68.2 Å². The number of carbonyl (C=O) groups excluding carboxylic acids is 2. The first-order valence-corrected chi connectivity index (χ1v) is 7.46. The van der Waals surface area contributed by atoms with Gasteiger partial charge in [0.1, 0.15) is 0 Å². The minimum atomic E-state index is -1.00. The predicted molar refractivity (Wildman–Crippen MR) is 93.9 cm³/mol. The van der Waals surface area contributed by atoms with E-state index in [-0.39, 0.29) is 11.4 Å². The number of non-ortho nitro benzene ring substituents is 1. The average molecular weight is 381 g/mol. The molecule has 0 saturated heterocycles. The van der Waals surface area contributed by atoms with Crippen LogP contribution in [0, 0.1) is 10.1 Å². The number of rotatable bonds is 4. The lowest BCUT2D eigenvalue weighted by Gasteiger charge is -2.03. The molecule has 0 aliphatic carbocycles. The van der Waals surface area contributed by atoms with E-state index in [4.69, 9.17) is 23.2 Å². The normalized spacial score (nSPS) is 10.5. The molecule has 0 aliphatic rings. The van der Waals surface area contributed by atoms with E-state index in [0.717, 1.165) is 0 Å². The summed E-state index contributed by atoms with van der Waals surface area (Å²) in [6.07, 6.45) is 1.29. The first-order valence-electron chi connectivity index (χ1n) is 6.70. The largest absolute Gasteiger partial charge is 0.329 e. The molecule has 8 nitrogen and oxygen atoms in total. The highest BCUT2D eigenvalue weighted by atomic mass is 35.5. The minimum absolute atomic E-state index is 0.131. The van der Waals surface area contributed by atoms with Gasteiger partial charge in [-0.3, -0.25) is 19.7 Å². The first-order chi connectivity index (χ1) is 11.9. The number of nitro groups is 1. The SMILES string of the molecule is O=C(N/N=C\c1ccc(Cl)c(Cl)c1)C(=O)Nc1ccc([N+](=O)[O-])cc1. The molecule has 128 valence electrons. The van der Waals surface area contributed by atoms with Crippen LogP contribution in [0.5, 0.6) is 0 Å². The second-order valence-electron chi connectivity index (χ2n) is 4.63. The van der Waals surface area contributed by atoms with Gasteiger partial charge < -0.3 is 5.32 Å². The van der Waals surface area contributed by atoms with Gasteiger partial charge >= 0.3 is 11.8 Å². The lowest BCUT2D eigenvalue weighted by atomic mass is 10.2. The van der Waals surface area contributed by atoms with Gasteiger partial charge in [-0.25, -0.2) is 5.43 Å². The van der Waals surface area contributed by atoms with Gasteiger partial charge in [-0.2, -0.15) is 5.10 Å². The van der Waals surface area contributed by atoms with E-state index >= 15 is 0 Å². The van der Waals surface area contributed by atoms with Crippen LogP contribution in [0.1, 0.15) is 5.56 Å². The zero-order valence-corrected chi connectivity index (χ0v) is 13.9. The predicted octanol–water partition coefficient (Wildman–Crippen LogP) is 2.99. The van der Waals surface area contributed by atoms with Crippen molar-refractivity contribution in [3.63, 3.8) is 0 Å². The maximum Gasteiger partial charge on any atom is 0.329 e. The Kier molecular flexibility index (Phi) is 6.04. The van der Waals surface area contributed by atoms with E-state index in [9.17, 15) is 19.7 Å². The van der Waals surface area contributed by atoms with Crippen LogP contribution in [0.3, 0.4) is 0 Å². The Morgan fingerprint density at radius 1 is 1.04 bits per heavy atom. The van der Waals surface area contributed by atoms with Gasteiger partial charge in [-0.1, -0.05) is 29.3 Å². The fraction of sp³-hybridized carbons (Fsp3) is 0. The van der Waals surface area contributed by atoms with Crippen molar-refractivity contribution in [2.45, 2.75) is 0 Å². The lowest BCUT2D eigenvalue weighted by molar-refractivity contribution is -0.384. The molecule has 0 saturated carbocycles. The number of halogens is 2. The first kappa shape index (κ1) is 18.4. The van der Waals surface area contributed by atoms with Crippen LogP contribution in [0.4, 0.5) is 11.4 Å². The Hall–Kier alpha value is -2.97. The number of hydrogen-bond acceptors (Lipinski definition) is 5. The Morgan fingerprint density at radius 2 is 1.72 bits per heavy atom. The molecule has 25 heavy (non-hydrogen) atoms. The third-order valence-corrected chi connectivity index (χ3v) is 3.60. The molecule has 0 radical (unpaired) electrons. The highest BCUT2D eigenvalue weighted by Crippen LogP contribution is 2.21. The molecule has 0 bridgehead atoms. The number of hydrazone groups is 1. The standard InChI is InChI=1S/C15H10Cl2N4O4/c16-12-6-1-9(7-13(12)17)8-18-20-15(23)14(22)19-10-2-4-11(5-3-10)21(24)25/h1-8H,(H,19,22)(H,20,23)/b18-8-. The van der Waals surface area contributed by atoms with E-state index in [1.165, 1.54) is 36.5 Å². The third kappa shape index (κ3) is 5.27. The molecule has 2 amide bonds. The molecule has 2 aromatic carbocycles. The van der Waals surface area contributed by atoms with Gasteiger partial charge in [0, 0.05) is 17.8 Å². The van der Waals surface area contributed by atoms with Gasteiger partial charge in [-0.05, 0) is 29.8 Å². The molecule has 0 atom stereocenters. The van der Waals surface area contributed by atoms with Crippen molar-refractivity contribution < 1.29 is 14.5 Å². The Balaban J connectivity index is 1.91. The van der Waals surface area contributed by atoms with Crippen molar-refractivity contribution in [1.29, 1.82) is 0 Å². The molecule has 0 unspecified atom stereocenters. The van der Waals surface area contributed by atoms with Crippen LogP contribution in [-0.2, 0) is 9.59 Å². The van der Waals surface area contributed by atoms with E-state index in [1.807, 2.05) is 5.43 Å². The second-order valence-corrected chi connectivity index (χ2v) is 5.45. The highest BCUT2D eigenvalue weighted by Gasteiger charge is 2.13. The Labute approximate surface area is 151 Å². The zero-order valence-electron chi connectivity index (χ0n) is 12.4. The summed E-state index contributed by atoms with van der Waals surface area (Å²) in [5.41, 5.74) is 2.73. The number of anilines is 1. The summed E-state index contributed by atoms with van der Waals surface area (Å²) in [5, 5.41) is 17.2. The Bertz CT molecular complexity index is 853. The van der Waals surface area contributed by atoms with Crippen molar-refractivity contribution >= 4 is 52.6 Å². The summed E-state index contributed by atoms with van der Waals surface area (Å²) < 4.78 is 0. The monoisotopic (exact) mass is 380 g/mol. The summed E-state index contributed by atoms with van der Waals surface area (Å²) in [6.45, 7) is 0. The van der Waals surface area contributed by atoms with Gasteiger partial charge in [-0.15, -0.1) is 0 Å². The van der Waals surface area contributed by atoms with Crippen LogP contribution in [0.2, 0.25) is 10.0 Å². The maximum absolute atomic E-state index is 11.7. The minimum Gasteiger partial charge on any atom is -0.318 e. The summed E-state index contributed by atoms with van der Waals surface area (Å²) in [7, 11) is 0. The lowest BCUT2D eigenvalue weighted by Crippen LogP contribution is -2.32. The van der Waals surface area contributed by atoms with Gasteiger partial charge in [0.25, 0.3) is 5.69 Å². The number of nitrogens with zero attached hydrogens (tertiary/aromatic N) is 2. The molecule has 2 aromatic rings. The van der Waals surface area contributed by atoms with E-state index in [2.05, 4.69) is 10.4 Å². The second kappa shape index (κ2) is 8.22. The molecule has 2 rings (SSSR count). The quantitative estimate of drug-likeness (QED) is 0.367.